The summed E-state index contributed by atoms with van der Waals surface area (Å²) in [4.78, 5) is 37.6. The van der Waals surface area contributed by atoms with E-state index in [1.165, 1.54) is 4.90 Å². The fourth-order valence-corrected chi connectivity index (χ4v) is 2.79. The molecule has 2 rings (SSSR count). The van der Waals surface area contributed by atoms with Crippen LogP contribution < -0.4 is 0 Å². The Kier molecular flexibility index (Phi) is 5.42. The Morgan fingerprint density at radius 2 is 1.58 bits per heavy atom. The van der Waals surface area contributed by atoms with Crippen LogP contribution in [0, 0.1) is 5.92 Å². The molecule has 0 bridgehead atoms. The summed E-state index contributed by atoms with van der Waals surface area (Å²) in [5, 5.41) is 9.25. The van der Waals surface area contributed by atoms with Gasteiger partial charge in [0.2, 0.25) is 5.91 Å². The van der Waals surface area contributed by atoms with Gasteiger partial charge < -0.3 is 10.0 Å². The summed E-state index contributed by atoms with van der Waals surface area (Å²) >= 11 is 0. The summed E-state index contributed by atoms with van der Waals surface area (Å²) in [7, 11) is 0. The quantitative estimate of drug-likeness (QED) is 0.779. The van der Waals surface area contributed by atoms with Gasteiger partial charge >= 0.3 is 5.97 Å². The van der Waals surface area contributed by atoms with Gasteiger partial charge in [-0.2, -0.15) is 0 Å². The van der Waals surface area contributed by atoms with Crippen LogP contribution in [0.5, 0.6) is 0 Å². The third-order valence-corrected chi connectivity index (χ3v) is 4.56. The van der Waals surface area contributed by atoms with Crippen molar-refractivity contribution in [2.45, 2.75) is 58.5 Å². The predicted octanol–water partition coefficient (Wildman–Crippen LogP) is 3.09. The summed E-state index contributed by atoms with van der Waals surface area (Å²) < 4.78 is 0. The Morgan fingerprint density at radius 1 is 1.04 bits per heavy atom. The van der Waals surface area contributed by atoms with E-state index in [0.29, 0.717) is 5.56 Å². The highest BCUT2D eigenvalue weighted by Crippen LogP contribution is 2.32. The van der Waals surface area contributed by atoms with E-state index in [9.17, 15) is 19.5 Å². The highest BCUT2D eigenvalue weighted by Gasteiger charge is 2.40. The molecule has 1 aliphatic rings. The van der Waals surface area contributed by atoms with E-state index in [-0.39, 0.29) is 23.7 Å². The number of carboxylic acids is 1. The lowest BCUT2D eigenvalue weighted by Crippen LogP contribution is -2.46. The summed E-state index contributed by atoms with van der Waals surface area (Å²) in [5.41, 5.74) is 1.43. The molecule has 0 saturated heterocycles. The summed E-state index contributed by atoms with van der Waals surface area (Å²) in [5.74, 6) is -1.59. The lowest BCUT2D eigenvalue weighted by molar-refractivity contribution is -0.150. The predicted molar refractivity (Wildman–Crippen MR) is 91.0 cm³/mol. The number of aliphatic carboxylic acids is 1. The van der Waals surface area contributed by atoms with E-state index in [0.717, 1.165) is 18.4 Å². The second kappa shape index (κ2) is 7.16. The first-order valence-electron chi connectivity index (χ1n) is 8.43. The third kappa shape index (κ3) is 3.83. The minimum absolute atomic E-state index is 0.0350. The SMILES string of the molecule is CC(C)C(=O)c1ccc(C(C)C(=O)N(C2CC2)C(C)C(=O)O)cc1. The average molecular weight is 331 g/mol. The molecule has 0 heterocycles. The number of carboxylic acid groups (broad SMARTS) is 1. The lowest BCUT2D eigenvalue weighted by Gasteiger charge is -2.29. The molecule has 5 heteroatoms. The average Bonchev–Trinajstić information content (AvgIpc) is 3.38. The summed E-state index contributed by atoms with van der Waals surface area (Å²) in [6, 6.07) is 6.26. The highest BCUT2D eigenvalue weighted by atomic mass is 16.4. The number of benzene rings is 1. The molecule has 0 aromatic heterocycles. The van der Waals surface area contributed by atoms with E-state index in [4.69, 9.17) is 0 Å². The topological polar surface area (TPSA) is 74.7 Å². The molecule has 2 unspecified atom stereocenters. The zero-order valence-corrected chi connectivity index (χ0v) is 14.7. The molecule has 24 heavy (non-hydrogen) atoms. The fourth-order valence-electron chi connectivity index (χ4n) is 2.79. The van der Waals surface area contributed by atoms with E-state index in [1.54, 1.807) is 38.1 Å². The number of rotatable bonds is 7. The molecule has 1 saturated carbocycles. The monoisotopic (exact) mass is 331 g/mol. The molecule has 5 nitrogen and oxygen atoms in total. The molecule has 1 aliphatic carbocycles. The van der Waals surface area contributed by atoms with Gasteiger partial charge in [-0.15, -0.1) is 0 Å². The molecular formula is C19H25NO4. The zero-order chi connectivity index (χ0) is 18.0. The molecule has 130 valence electrons. The van der Waals surface area contributed by atoms with Crippen molar-refractivity contribution in [3.8, 4) is 0 Å². The number of hydrogen-bond acceptors (Lipinski definition) is 3. The smallest absolute Gasteiger partial charge is 0.326 e. The number of carbonyl (C=O) groups excluding carboxylic acids is 2. The van der Waals surface area contributed by atoms with Crippen LogP contribution in [0.4, 0.5) is 0 Å². The van der Waals surface area contributed by atoms with E-state index in [1.807, 2.05) is 13.8 Å². The number of Topliss-reactive ketones (excluding diaryl/α,β-unsaturated/α-hetero) is 1. The molecular weight excluding hydrogens is 306 g/mol. The van der Waals surface area contributed by atoms with E-state index < -0.39 is 17.9 Å². The zero-order valence-electron chi connectivity index (χ0n) is 14.7. The van der Waals surface area contributed by atoms with Crippen LogP contribution in [0.1, 0.15) is 62.4 Å². The van der Waals surface area contributed by atoms with Crippen molar-refractivity contribution in [2.75, 3.05) is 0 Å². The Balaban J connectivity index is 2.17. The fraction of sp³-hybridized carbons (Fsp3) is 0.526. The number of hydrogen-bond donors (Lipinski definition) is 1. The first kappa shape index (κ1) is 18.2. The Hall–Kier alpha value is -2.17. The van der Waals surface area contributed by atoms with Gasteiger partial charge in [-0.05, 0) is 32.3 Å². The van der Waals surface area contributed by atoms with Crippen LogP contribution in [0.25, 0.3) is 0 Å². The second-order valence-electron chi connectivity index (χ2n) is 6.85. The van der Waals surface area contributed by atoms with Gasteiger partial charge in [0.1, 0.15) is 6.04 Å². The largest absolute Gasteiger partial charge is 0.480 e. The van der Waals surface area contributed by atoms with E-state index >= 15 is 0 Å². The number of amides is 1. The van der Waals surface area contributed by atoms with Crippen LogP contribution in [0.15, 0.2) is 24.3 Å². The van der Waals surface area contributed by atoms with E-state index in [2.05, 4.69) is 0 Å². The van der Waals surface area contributed by atoms with Crippen molar-refractivity contribution in [3.63, 3.8) is 0 Å². The van der Waals surface area contributed by atoms with Crippen molar-refractivity contribution in [1.29, 1.82) is 0 Å². The van der Waals surface area contributed by atoms with Gasteiger partial charge in [-0.1, -0.05) is 38.1 Å². The Bertz CT molecular complexity index is 631. The standard InChI is InChI=1S/C19H25NO4/c1-11(2)17(21)15-7-5-14(6-8-15)12(3)18(22)20(16-9-10-16)13(4)19(23)24/h5-8,11-13,16H,9-10H2,1-4H3,(H,23,24). The molecule has 0 radical (unpaired) electrons. The van der Waals surface area contributed by atoms with Crippen molar-refractivity contribution >= 4 is 17.7 Å². The third-order valence-electron chi connectivity index (χ3n) is 4.56. The second-order valence-corrected chi connectivity index (χ2v) is 6.85. The first-order valence-corrected chi connectivity index (χ1v) is 8.43. The molecule has 1 aromatic carbocycles. The van der Waals surface area contributed by atoms with Gasteiger partial charge in [-0.3, -0.25) is 9.59 Å². The van der Waals surface area contributed by atoms with Crippen LogP contribution in [-0.2, 0) is 9.59 Å². The highest BCUT2D eigenvalue weighted by molar-refractivity contribution is 5.97. The molecule has 1 fully saturated rings. The van der Waals surface area contributed by atoms with Gasteiger partial charge in [0.25, 0.3) is 0 Å². The maximum Gasteiger partial charge on any atom is 0.326 e. The number of nitrogens with zero attached hydrogens (tertiary/aromatic N) is 1. The molecule has 1 N–H and O–H groups in total. The molecule has 1 amide bonds. The lowest BCUT2D eigenvalue weighted by atomic mass is 9.95. The van der Waals surface area contributed by atoms with Gasteiger partial charge in [0.15, 0.2) is 5.78 Å². The molecule has 2 atom stereocenters. The summed E-state index contributed by atoms with van der Waals surface area (Å²) in [6.07, 6.45) is 1.72. The van der Waals surface area contributed by atoms with Gasteiger partial charge in [-0.25, -0.2) is 4.79 Å². The summed E-state index contributed by atoms with van der Waals surface area (Å²) in [6.45, 7) is 7.04. The minimum Gasteiger partial charge on any atom is -0.480 e. The van der Waals surface area contributed by atoms with Crippen LogP contribution in [0.2, 0.25) is 0 Å². The van der Waals surface area contributed by atoms with Crippen molar-refractivity contribution in [1.82, 2.24) is 4.90 Å². The molecule has 0 spiro atoms. The van der Waals surface area contributed by atoms with Crippen LogP contribution in [0.3, 0.4) is 0 Å². The Morgan fingerprint density at radius 3 is 2.00 bits per heavy atom. The minimum atomic E-state index is -0.986. The maximum atomic E-state index is 12.8. The number of carbonyl (C=O) groups is 3. The Labute approximate surface area is 142 Å². The molecule has 0 aliphatic heterocycles. The normalized spacial score (nSPS) is 16.5. The van der Waals surface area contributed by atoms with Crippen molar-refractivity contribution in [2.24, 2.45) is 5.92 Å². The maximum absolute atomic E-state index is 12.8. The van der Waals surface area contributed by atoms with Crippen molar-refractivity contribution in [3.05, 3.63) is 35.4 Å². The van der Waals surface area contributed by atoms with Gasteiger partial charge in [0.05, 0.1) is 5.92 Å². The van der Waals surface area contributed by atoms with Crippen molar-refractivity contribution < 1.29 is 19.5 Å². The first-order chi connectivity index (χ1) is 11.2. The van der Waals surface area contributed by atoms with Crippen LogP contribution >= 0.6 is 0 Å². The molecule has 1 aromatic rings. The van der Waals surface area contributed by atoms with Crippen LogP contribution in [-0.4, -0.2) is 39.7 Å². The van der Waals surface area contributed by atoms with Gasteiger partial charge in [0, 0.05) is 17.5 Å². The number of ketones is 1.